The molecule has 2 amide bonds. The number of carbonyl (C=O) groups is 2. The van der Waals surface area contributed by atoms with E-state index in [2.05, 4.69) is 10.6 Å². The fourth-order valence-electron chi connectivity index (χ4n) is 3.83. The van der Waals surface area contributed by atoms with Gasteiger partial charge in [-0.05, 0) is 56.6 Å². The van der Waals surface area contributed by atoms with Gasteiger partial charge in [-0.25, -0.2) is 4.39 Å². The number of nitrogens with zero attached hydrogens (tertiary/aromatic N) is 1. The first-order valence-electron chi connectivity index (χ1n) is 9.09. The molecule has 150 valence electrons. The Hall–Kier alpha value is -1.70. The Morgan fingerprint density at radius 1 is 1.33 bits per heavy atom. The number of benzene rings is 1. The molecular formula is C19H27ClFN3O3. The SMILES string of the molecule is COCC1(CNC(=O)C2CCN(c3ccc(F)cc3)C2=O)CCNCC1.Cl. The molecule has 6 nitrogen and oxygen atoms in total. The van der Waals surface area contributed by atoms with Gasteiger partial charge in [-0.3, -0.25) is 9.59 Å². The zero-order chi connectivity index (χ0) is 18.6. The predicted octanol–water partition coefficient (Wildman–Crippen LogP) is 1.73. The summed E-state index contributed by atoms with van der Waals surface area (Å²) in [6, 6.07) is 5.77. The van der Waals surface area contributed by atoms with Crippen molar-refractivity contribution >= 4 is 29.9 Å². The van der Waals surface area contributed by atoms with Crippen LogP contribution in [0, 0.1) is 17.2 Å². The molecule has 2 N–H and O–H groups in total. The average Bonchev–Trinajstić information content (AvgIpc) is 3.03. The molecule has 1 aromatic carbocycles. The Labute approximate surface area is 165 Å². The van der Waals surface area contributed by atoms with Crippen molar-refractivity contribution in [2.24, 2.45) is 11.3 Å². The lowest BCUT2D eigenvalue weighted by Crippen LogP contribution is -2.48. The second kappa shape index (κ2) is 9.48. The van der Waals surface area contributed by atoms with Gasteiger partial charge in [0.2, 0.25) is 11.8 Å². The van der Waals surface area contributed by atoms with Gasteiger partial charge in [-0.1, -0.05) is 0 Å². The lowest BCUT2D eigenvalue weighted by atomic mass is 9.79. The maximum absolute atomic E-state index is 13.1. The van der Waals surface area contributed by atoms with Gasteiger partial charge >= 0.3 is 0 Å². The number of amides is 2. The van der Waals surface area contributed by atoms with Crippen molar-refractivity contribution in [3.05, 3.63) is 30.1 Å². The molecule has 0 aromatic heterocycles. The second-order valence-electron chi connectivity index (χ2n) is 7.21. The summed E-state index contributed by atoms with van der Waals surface area (Å²) in [6.07, 6.45) is 2.34. The third kappa shape index (κ3) is 4.97. The van der Waals surface area contributed by atoms with E-state index in [1.165, 1.54) is 12.1 Å². The summed E-state index contributed by atoms with van der Waals surface area (Å²) in [5.74, 6) is -1.48. The van der Waals surface area contributed by atoms with Gasteiger partial charge in [0.05, 0.1) is 6.61 Å². The molecule has 27 heavy (non-hydrogen) atoms. The fourth-order valence-corrected chi connectivity index (χ4v) is 3.83. The van der Waals surface area contributed by atoms with Crippen LogP contribution in [0.5, 0.6) is 0 Å². The van der Waals surface area contributed by atoms with E-state index in [-0.39, 0.29) is 35.5 Å². The summed E-state index contributed by atoms with van der Waals surface area (Å²) in [4.78, 5) is 26.8. The lowest BCUT2D eigenvalue weighted by molar-refractivity contribution is -0.132. The molecule has 3 rings (SSSR count). The third-order valence-electron chi connectivity index (χ3n) is 5.41. The number of anilines is 1. The maximum atomic E-state index is 13.1. The van der Waals surface area contributed by atoms with Crippen molar-refractivity contribution < 1.29 is 18.7 Å². The van der Waals surface area contributed by atoms with E-state index in [1.807, 2.05) is 0 Å². The maximum Gasteiger partial charge on any atom is 0.239 e. The second-order valence-corrected chi connectivity index (χ2v) is 7.21. The van der Waals surface area contributed by atoms with Crippen molar-refractivity contribution in [2.75, 3.05) is 44.8 Å². The van der Waals surface area contributed by atoms with Crippen molar-refractivity contribution in [3.8, 4) is 0 Å². The van der Waals surface area contributed by atoms with Crippen LogP contribution in [0.25, 0.3) is 0 Å². The summed E-state index contributed by atoms with van der Waals surface area (Å²) in [7, 11) is 1.67. The normalized spacial score (nSPS) is 21.6. The van der Waals surface area contributed by atoms with Gasteiger partial charge in [-0.15, -0.1) is 12.4 Å². The van der Waals surface area contributed by atoms with Crippen LogP contribution in [0.15, 0.2) is 24.3 Å². The molecule has 1 aromatic rings. The number of carbonyl (C=O) groups excluding carboxylic acids is 2. The number of methoxy groups -OCH3 is 1. The first kappa shape index (κ1) is 21.6. The fraction of sp³-hybridized carbons (Fsp3) is 0.579. The Bertz CT molecular complexity index is 645. The first-order chi connectivity index (χ1) is 12.5. The van der Waals surface area contributed by atoms with E-state index < -0.39 is 5.92 Å². The number of nitrogens with one attached hydrogen (secondary N) is 2. The zero-order valence-corrected chi connectivity index (χ0v) is 16.3. The van der Waals surface area contributed by atoms with Crippen LogP contribution >= 0.6 is 12.4 Å². The molecule has 2 heterocycles. The minimum atomic E-state index is -0.679. The van der Waals surface area contributed by atoms with E-state index in [4.69, 9.17) is 4.74 Å². The molecule has 2 saturated heterocycles. The monoisotopic (exact) mass is 399 g/mol. The molecular weight excluding hydrogens is 373 g/mol. The number of hydrogen-bond donors (Lipinski definition) is 2. The topological polar surface area (TPSA) is 70.7 Å². The summed E-state index contributed by atoms with van der Waals surface area (Å²) < 4.78 is 18.4. The minimum absolute atomic E-state index is 0. The van der Waals surface area contributed by atoms with Crippen molar-refractivity contribution in [1.29, 1.82) is 0 Å². The number of halogens is 2. The Morgan fingerprint density at radius 3 is 2.63 bits per heavy atom. The van der Waals surface area contributed by atoms with E-state index in [1.54, 1.807) is 24.1 Å². The Kier molecular flexibility index (Phi) is 7.59. The Morgan fingerprint density at radius 2 is 2.00 bits per heavy atom. The molecule has 2 fully saturated rings. The summed E-state index contributed by atoms with van der Waals surface area (Å²) in [6.45, 7) is 3.38. The summed E-state index contributed by atoms with van der Waals surface area (Å²) in [5.41, 5.74) is 0.550. The van der Waals surface area contributed by atoms with Crippen LogP contribution in [0.3, 0.4) is 0 Å². The van der Waals surface area contributed by atoms with Crippen LogP contribution in [0.2, 0.25) is 0 Å². The van der Waals surface area contributed by atoms with Gasteiger partial charge < -0.3 is 20.3 Å². The van der Waals surface area contributed by atoms with Gasteiger partial charge in [0, 0.05) is 31.3 Å². The zero-order valence-electron chi connectivity index (χ0n) is 15.5. The molecule has 0 spiro atoms. The van der Waals surface area contributed by atoms with Crippen molar-refractivity contribution in [2.45, 2.75) is 19.3 Å². The average molecular weight is 400 g/mol. The number of rotatable bonds is 6. The van der Waals surface area contributed by atoms with Gasteiger partial charge in [0.25, 0.3) is 0 Å². The van der Waals surface area contributed by atoms with Crippen LogP contribution in [-0.4, -0.2) is 51.7 Å². The first-order valence-corrected chi connectivity index (χ1v) is 9.09. The minimum Gasteiger partial charge on any atom is -0.384 e. The number of hydrogen-bond acceptors (Lipinski definition) is 4. The molecule has 1 unspecified atom stereocenters. The van der Waals surface area contributed by atoms with E-state index in [0.717, 1.165) is 25.9 Å². The molecule has 2 aliphatic rings. The summed E-state index contributed by atoms with van der Waals surface area (Å²) in [5, 5.41) is 6.30. The van der Waals surface area contributed by atoms with Gasteiger partial charge in [-0.2, -0.15) is 0 Å². The van der Waals surface area contributed by atoms with Crippen LogP contribution in [0.1, 0.15) is 19.3 Å². The van der Waals surface area contributed by atoms with Gasteiger partial charge in [0.1, 0.15) is 11.7 Å². The highest BCUT2D eigenvalue weighted by Crippen LogP contribution is 2.29. The van der Waals surface area contributed by atoms with Gasteiger partial charge in [0.15, 0.2) is 0 Å². The third-order valence-corrected chi connectivity index (χ3v) is 5.41. The summed E-state index contributed by atoms with van der Waals surface area (Å²) >= 11 is 0. The number of piperidine rings is 1. The van der Waals surface area contributed by atoms with Crippen LogP contribution in [0.4, 0.5) is 10.1 Å². The van der Waals surface area contributed by atoms with E-state index in [0.29, 0.717) is 31.8 Å². The quantitative estimate of drug-likeness (QED) is 0.715. The van der Waals surface area contributed by atoms with Crippen molar-refractivity contribution in [3.63, 3.8) is 0 Å². The molecule has 8 heteroatoms. The molecule has 2 aliphatic heterocycles. The predicted molar refractivity (Wildman–Crippen MR) is 104 cm³/mol. The molecule has 0 saturated carbocycles. The highest BCUT2D eigenvalue weighted by atomic mass is 35.5. The lowest BCUT2D eigenvalue weighted by Gasteiger charge is -2.37. The highest BCUT2D eigenvalue weighted by Gasteiger charge is 2.39. The largest absolute Gasteiger partial charge is 0.384 e. The van der Waals surface area contributed by atoms with Crippen LogP contribution < -0.4 is 15.5 Å². The number of ether oxygens (including phenoxy) is 1. The molecule has 0 bridgehead atoms. The van der Waals surface area contributed by atoms with E-state index >= 15 is 0 Å². The van der Waals surface area contributed by atoms with Crippen molar-refractivity contribution in [1.82, 2.24) is 10.6 Å². The van der Waals surface area contributed by atoms with E-state index in [9.17, 15) is 14.0 Å². The highest BCUT2D eigenvalue weighted by molar-refractivity contribution is 6.09. The molecule has 0 radical (unpaired) electrons. The standard InChI is InChI=1S/C19H26FN3O3.ClH/c1-26-13-19(7-9-21-10-8-19)12-22-17(24)16-6-11-23(18(16)25)15-4-2-14(20)3-5-15;/h2-5,16,21H,6-13H2,1H3,(H,22,24);1H. The molecule has 0 aliphatic carbocycles. The van der Waals surface area contributed by atoms with Crippen LogP contribution in [-0.2, 0) is 14.3 Å². The Balaban J connectivity index is 0.00000261. The molecule has 1 atom stereocenters. The smallest absolute Gasteiger partial charge is 0.239 e.